The highest BCUT2D eigenvalue weighted by molar-refractivity contribution is 6.01. The number of rotatable bonds is 6. The van der Waals surface area contributed by atoms with Crippen LogP contribution in [-0.4, -0.2) is 24.6 Å². The van der Waals surface area contributed by atoms with E-state index in [1.807, 2.05) is 54.6 Å². The Morgan fingerprint density at radius 1 is 1.05 bits per heavy atom. The molecule has 0 amide bonds. The zero-order chi connectivity index (χ0) is 14.2. The molecule has 0 atom stereocenters. The lowest BCUT2D eigenvalue weighted by Gasteiger charge is -2.07. The van der Waals surface area contributed by atoms with Crippen LogP contribution in [0, 0.1) is 0 Å². The van der Waals surface area contributed by atoms with E-state index in [1.54, 1.807) is 7.11 Å². The fraction of sp³-hybridized carbons (Fsp3) is 0.188. The molecule has 0 heterocycles. The van der Waals surface area contributed by atoms with E-state index in [2.05, 4.69) is 5.16 Å². The summed E-state index contributed by atoms with van der Waals surface area (Å²) >= 11 is 0. The second-order valence-corrected chi connectivity index (χ2v) is 4.25. The maximum absolute atomic E-state index is 9.04. The van der Waals surface area contributed by atoms with Gasteiger partial charge >= 0.3 is 0 Å². The summed E-state index contributed by atoms with van der Waals surface area (Å²) in [6.07, 6.45) is 0. The topological polar surface area (TPSA) is 51.0 Å². The minimum atomic E-state index is 0.256. The molecule has 0 spiro atoms. The molecule has 4 heteroatoms. The van der Waals surface area contributed by atoms with Crippen molar-refractivity contribution in [2.45, 2.75) is 6.61 Å². The molecule has 0 aliphatic heterocycles. The van der Waals surface area contributed by atoms with Crippen LogP contribution in [0.5, 0.6) is 5.75 Å². The SMILES string of the molecule is COc1ccc(COCC(=NO)c2ccccc2)cc1. The van der Waals surface area contributed by atoms with Gasteiger partial charge in [0, 0.05) is 5.56 Å². The van der Waals surface area contributed by atoms with Crippen LogP contribution in [0.3, 0.4) is 0 Å². The Balaban J connectivity index is 1.88. The number of nitrogens with zero attached hydrogens (tertiary/aromatic N) is 1. The van der Waals surface area contributed by atoms with Crippen molar-refractivity contribution in [2.75, 3.05) is 13.7 Å². The Labute approximate surface area is 118 Å². The molecule has 20 heavy (non-hydrogen) atoms. The van der Waals surface area contributed by atoms with Crippen molar-refractivity contribution in [3.8, 4) is 5.75 Å². The van der Waals surface area contributed by atoms with Crippen LogP contribution in [-0.2, 0) is 11.3 Å². The van der Waals surface area contributed by atoms with E-state index in [4.69, 9.17) is 14.7 Å². The lowest BCUT2D eigenvalue weighted by Crippen LogP contribution is -2.10. The van der Waals surface area contributed by atoms with Crippen LogP contribution in [0.25, 0.3) is 0 Å². The molecule has 2 aromatic carbocycles. The van der Waals surface area contributed by atoms with Gasteiger partial charge in [0.25, 0.3) is 0 Å². The van der Waals surface area contributed by atoms with Crippen molar-refractivity contribution in [2.24, 2.45) is 5.16 Å². The number of hydrogen-bond acceptors (Lipinski definition) is 4. The van der Waals surface area contributed by atoms with Gasteiger partial charge in [-0.25, -0.2) is 0 Å². The first-order valence-corrected chi connectivity index (χ1v) is 6.30. The minimum Gasteiger partial charge on any atom is -0.497 e. The summed E-state index contributed by atoms with van der Waals surface area (Å²) in [5.74, 6) is 0.815. The number of benzene rings is 2. The molecule has 4 nitrogen and oxygen atoms in total. The van der Waals surface area contributed by atoms with Crippen molar-refractivity contribution in [1.29, 1.82) is 0 Å². The maximum Gasteiger partial charge on any atom is 0.118 e. The molecule has 0 aromatic heterocycles. The predicted molar refractivity (Wildman–Crippen MR) is 77.4 cm³/mol. The fourth-order valence-corrected chi connectivity index (χ4v) is 1.79. The van der Waals surface area contributed by atoms with Crippen molar-refractivity contribution >= 4 is 5.71 Å². The Kier molecular flexibility index (Phi) is 5.15. The van der Waals surface area contributed by atoms with Gasteiger partial charge in [-0.3, -0.25) is 0 Å². The second-order valence-electron chi connectivity index (χ2n) is 4.25. The Morgan fingerprint density at radius 2 is 1.75 bits per heavy atom. The van der Waals surface area contributed by atoms with Crippen molar-refractivity contribution in [3.05, 3.63) is 65.7 Å². The molecule has 0 radical (unpaired) electrons. The summed E-state index contributed by atoms with van der Waals surface area (Å²) in [6.45, 7) is 0.711. The summed E-state index contributed by atoms with van der Waals surface area (Å²) in [7, 11) is 1.63. The molecule has 0 fully saturated rings. The van der Waals surface area contributed by atoms with Gasteiger partial charge in [0.05, 0.1) is 20.3 Å². The van der Waals surface area contributed by atoms with E-state index in [1.165, 1.54) is 0 Å². The minimum absolute atomic E-state index is 0.256. The van der Waals surface area contributed by atoms with Gasteiger partial charge in [0.2, 0.25) is 0 Å². The fourth-order valence-electron chi connectivity index (χ4n) is 1.79. The van der Waals surface area contributed by atoms with Crippen LogP contribution in [0.1, 0.15) is 11.1 Å². The molecule has 1 N–H and O–H groups in total. The first kappa shape index (κ1) is 14.1. The summed E-state index contributed by atoms with van der Waals surface area (Å²) in [4.78, 5) is 0. The normalized spacial score (nSPS) is 11.3. The Morgan fingerprint density at radius 3 is 2.35 bits per heavy atom. The van der Waals surface area contributed by atoms with E-state index in [0.717, 1.165) is 16.9 Å². The van der Waals surface area contributed by atoms with Crippen LogP contribution in [0.15, 0.2) is 59.8 Å². The lowest BCUT2D eigenvalue weighted by atomic mass is 10.1. The standard InChI is InChI=1S/C16H17NO3/c1-19-15-9-7-13(8-10-15)11-20-12-16(17-18)14-5-3-2-4-6-14/h2-10,18H,11-12H2,1H3. The molecule has 2 rings (SSSR count). The van der Waals surface area contributed by atoms with Crippen LogP contribution < -0.4 is 4.74 Å². The first-order chi connectivity index (χ1) is 9.83. The van der Waals surface area contributed by atoms with Gasteiger partial charge in [-0.15, -0.1) is 0 Å². The second kappa shape index (κ2) is 7.31. The van der Waals surface area contributed by atoms with Gasteiger partial charge in [0.1, 0.15) is 11.5 Å². The lowest BCUT2D eigenvalue weighted by molar-refractivity contribution is 0.155. The molecular formula is C16H17NO3. The zero-order valence-electron chi connectivity index (χ0n) is 11.3. The van der Waals surface area contributed by atoms with E-state index in [-0.39, 0.29) is 6.61 Å². The summed E-state index contributed by atoms with van der Waals surface area (Å²) in [5.41, 5.74) is 2.40. The molecule has 2 aromatic rings. The maximum atomic E-state index is 9.04. The zero-order valence-corrected chi connectivity index (χ0v) is 11.3. The molecule has 0 saturated heterocycles. The molecule has 0 saturated carbocycles. The molecular weight excluding hydrogens is 254 g/mol. The number of methoxy groups -OCH3 is 1. The first-order valence-electron chi connectivity index (χ1n) is 6.30. The van der Waals surface area contributed by atoms with Crippen molar-refractivity contribution in [1.82, 2.24) is 0 Å². The molecule has 0 bridgehead atoms. The summed E-state index contributed by atoms with van der Waals surface area (Å²) in [6, 6.07) is 17.1. The van der Waals surface area contributed by atoms with Crippen LogP contribution in [0.4, 0.5) is 0 Å². The van der Waals surface area contributed by atoms with Crippen molar-refractivity contribution in [3.63, 3.8) is 0 Å². The van der Waals surface area contributed by atoms with Gasteiger partial charge < -0.3 is 14.7 Å². The third-order valence-electron chi connectivity index (χ3n) is 2.89. The van der Waals surface area contributed by atoms with E-state index in [0.29, 0.717) is 12.3 Å². The molecule has 0 aliphatic carbocycles. The highest BCUT2D eigenvalue weighted by Crippen LogP contribution is 2.12. The summed E-state index contributed by atoms with van der Waals surface area (Å²) < 4.78 is 10.7. The van der Waals surface area contributed by atoms with Crippen molar-refractivity contribution < 1.29 is 14.7 Å². The smallest absolute Gasteiger partial charge is 0.118 e. The third kappa shape index (κ3) is 3.83. The molecule has 0 unspecified atom stereocenters. The summed E-state index contributed by atoms with van der Waals surface area (Å²) in [5, 5.41) is 12.3. The van der Waals surface area contributed by atoms with Gasteiger partial charge in [-0.1, -0.05) is 47.6 Å². The average molecular weight is 271 g/mol. The Hall–Kier alpha value is -2.33. The number of ether oxygens (including phenoxy) is 2. The highest BCUT2D eigenvalue weighted by Gasteiger charge is 2.04. The Bertz CT molecular complexity index is 550. The van der Waals surface area contributed by atoms with E-state index < -0.39 is 0 Å². The van der Waals surface area contributed by atoms with Gasteiger partial charge in [-0.2, -0.15) is 0 Å². The van der Waals surface area contributed by atoms with Crippen LogP contribution >= 0.6 is 0 Å². The average Bonchev–Trinajstić information content (AvgIpc) is 2.53. The van der Waals surface area contributed by atoms with E-state index >= 15 is 0 Å². The third-order valence-corrected chi connectivity index (χ3v) is 2.89. The van der Waals surface area contributed by atoms with Gasteiger partial charge in [0.15, 0.2) is 0 Å². The number of oxime groups is 1. The van der Waals surface area contributed by atoms with Gasteiger partial charge in [-0.05, 0) is 17.7 Å². The number of hydrogen-bond donors (Lipinski definition) is 1. The quantitative estimate of drug-likeness (QED) is 0.499. The molecule has 104 valence electrons. The molecule has 0 aliphatic rings. The monoisotopic (exact) mass is 271 g/mol. The van der Waals surface area contributed by atoms with Crippen LogP contribution in [0.2, 0.25) is 0 Å². The predicted octanol–water partition coefficient (Wildman–Crippen LogP) is 3.09. The highest BCUT2D eigenvalue weighted by atomic mass is 16.5. The van der Waals surface area contributed by atoms with E-state index in [9.17, 15) is 0 Å². The largest absolute Gasteiger partial charge is 0.497 e.